The zero-order valence-electron chi connectivity index (χ0n) is 11.6. The van der Waals surface area contributed by atoms with Crippen molar-refractivity contribution in [3.05, 3.63) is 59.9 Å². The minimum absolute atomic E-state index is 0.440. The largest absolute Gasteiger partial charge is 0.490 e. The van der Waals surface area contributed by atoms with Crippen LogP contribution in [-0.4, -0.2) is 33.4 Å². The number of hydrogen-bond donors (Lipinski definition) is 0. The third-order valence-corrected chi connectivity index (χ3v) is 3.10. The molecule has 0 spiro atoms. The second-order valence-electron chi connectivity index (χ2n) is 4.40. The molecule has 6 nitrogen and oxygen atoms in total. The summed E-state index contributed by atoms with van der Waals surface area (Å²) in [6.45, 7) is 0.881. The highest BCUT2D eigenvalue weighted by Gasteiger charge is 2.00. The fourth-order valence-corrected chi connectivity index (χ4v) is 2.03. The second kappa shape index (κ2) is 6.91. The van der Waals surface area contributed by atoms with Gasteiger partial charge in [-0.15, -0.1) is 5.10 Å². The first kappa shape index (κ1) is 14.3. The number of tetrazole rings is 1. The molecule has 0 aliphatic carbocycles. The number of benzene rings is 2. The van der Waals surface area contributed by atoms with E-state index in [0.29, 0.717) is 18.2 Å². The normalized spacial score (nSPS) is 10.4. The topological polar surface area (TPSA) is 62.1 Å². The molecule has 112 valence electrons. The van der Waals surface area contributed by atoms with E-state index in [-0.39, 0.29) is 0 Å². The zero-order chi connectivity index (χ0) is 15.2. The van der Waals surface area contributed by atoms with Crippen LogP contribution in [0.15, 0.2) is 54.9 Å². The molecule has 0 radical (unpaired) electrons. The first-order valence-corrected chi connectivity index (χ1v) is 7.04. The van der Waals surface area contributed by atoms with E-state index in [9.17, 15) is 0 Å². The summed E-state index contributed by atoms with van der Waals surface area (Å²) in [5.41, 5.74) is 0.868. The van der Waals surface area contributed by atoms with Crippen LogP contribution in [-0.2, 0) is 0 Å². The van der Waals surface area contributed by atoms with E-state index in [0.717, 1.165) is 17.2 Å². The van der Waals surface area contributed by atoms with Crippen molar-refractivity contribution < 1.29 is 9.47 Å². The molecule has 0 saturated carbocycles. The maximum absolute atomic E-state index is 5.88. The highest BCUT2D eigenvalue weighted by atomic mass is 35.5. The van der Waals surface area contributed by atoms with E-state index in [1.54, 1.807) is 16.8 Å². The summed E-state index contributed by atoms with van der Waals surface area (Å²) in [4.78, 5) is 0. The van der Waals surface area contributed by atoms with Crippen LogP contribution in [0.4, 0.5) is 0 Å². The Morgan fingerprint density at radius 3 is 2.41 bits per heavy atom. The third kappa shape index (κ3) is 3.73. The molecule has 1 aromatic heterocycles. The van der Waals surface area contributed by atoms with Crippen molar-refractivity contribution in [2.24, 2.45) is 0 Å². The quantitative estimate of drug-likeness (QED) is 0.654. The Labute approximate surface area is 132 Å². The summed E-state index contributed by atoms with van der Waals surface area (Å²) in [5.74, 6) is 1.48. The molecule has 22 heavy (non-hydrogen) atoms. The van der Waals surface area contributed by atoms with Crippen LogP contribution >= 0.6 is 11.6 Å². The zero-order valence-corrected chi connectivity index (χ0v) is 12.3. The minimum Gasteiger partial charge on any atom is -0.490 e. The first-order valence-electron chi connectivity index (χ1n) is 6.66. The lowest BCUT2D eigenvalue weighted by Gasteiger charge is -2.09. The van der Waals surface area contributed by atoms with E-state index in [1.165, 1.54) is 6.33 Å². The molecule has 1 heterocycles. The van der Waals surface area contributed by atoms with Crippen LogP contribution in [0.5, 0.6) is 11.5 Å². The van der Waals surface area contributed by atoms with Crippen LogP contribution in [0.3, 0.4) is 0 Å². The van der Waals surface area contributed by atoms with Gasteiger partial charge in [0.1, 0.15) is 31.0 Å². The summed E-state index contributed by atoms with van der Waals surface area (Å²) < 4.78 is 12.7. The monoisotopic (exact) mass is 316 g/mol. The molecule has 0 fully saturated rings. The summed E-state index contributed by atoms with van der Waals surface area (Å²) >= 11 is 5.88. The van der Waals surface area contributed by atoms with Crippen LogP contribution in [0.25, 0.3) is 5.69 Å². The second-order valence-corrected chi connectivity index (χ2v) is 4.84. The van der Waals surface area contributed by atoms with Crippen molar-refractivity contribution >= 4 is 11.6 Å². The van der Waals surface area contributed by atoms with E-state index >= 15 is 0 Å². The molecule has 0 aliphatic heterocycles. The number of hydrogen-bond acceptors (Lipinski definition) is 5. The number of ether oxygens (including phenoxy) is 2. The molecule has 0 atom stereocenters. The van der Waals surface area contributed by atoms with E-state index < -0.39 is 0 Å². The Morgan fingerprint density at radius 1 is 0.955 bits per heavy atom. The fourth-order valence-electron chi connectivity index (χ4n) is 1.85. The Balaban J connectivity index is 1.48. The Bertz CT molecular complexity index is 717. The highest BCUT2D eigenvalue weighted by molar-refractivity contribution is 6.30. The van der Waals surface area contributed by atoms with Crippen molar-refractivity contribution in [2.45, 2.75) is 0 Å². The van der Waals surface area contributed by atoms with Crippen molar-refractivity contribution in [1.29, 1.82) is 0 Å². The summed E-state index contributed by atoms with van der Waals surface area (Å²) in [6.07, 6.45) is 1.54. The molecule has 3 aromatic rings. The van der Waals surface area contributed by atoms with Gasteiger partial charge in [-0.1, -0.05) is 17.7 Å². The SMILES string of the molecule is Clc1cccc(OCCOc2ccc(-n3cnnn3)cc2)c1. The predicted octanol–water partition coefficient (Wildman–Crippen LogP) is 2.77. The Hall–Kier alpha value is -2.60. The van der Waals surface area contributed by atoms with Gasteiger partial charge in [-0.05, 0) is 52.9 Å². The predicted molar refractivity (Wildman–Crippen MR) is 81.6 cm³/mol. The van der Waals surface area contributed by atoms with Gasteiger partial charge < -0.3 is 9.47 Å². The standard InChI is InChI=1S/C15H13ClN4O2/c16-12-2-1-3-15(10-12)22-9-8-21-14-6-4-13(5-7-14)20-11-17-18-19-20/h1-7,10-11H,8-9H2. The Morgan fingerprint density at radius 2 is 1.73 bits per heavy atom. The highest BCUT2D eigenvalue weighted by Crippen LogP contribution is 2.17. The van der Waals surface area contributed by atoms with Crippen LogP contribution < -0.4 is 9.47 Å². The molecule has 0 saturated heterocycles. The van der Waals surface area contributed by atoms with Gasteiger partial charge in [-0.25, -0.2) is 4.68 Å². The lowest BCUT2D eigenvalue weighted by atomic mass is 10.3. The van der Waals surface area contributed by atoms with Crippen molar-refractivity contribution in [2.75, 3.05) is 13.2 Å². The summed E-state index contributed by atoms with van der Waals surface area (Å²) in [5, 5.41) is 11.6. The van der Waals surface area contributed by atoms with Crippen molar-refractivity contribution in [3.63, 3.8) is 0 Å². The number of nitrogens with zero attached hydrogens (tertiary/aromatic N) is 4. The summed E-state index contributed by atoms with van der Waals surface area (Å²) in [7, 11) is 0. The van der Waals surface area contributed by atoms with Gasteiger partial charge in [0, 0.05) is 5.02 Å². The lowest BCUT2D eigenvalue weighted by Crippen LogP contribution is -2.09. The van der Waals surface area contributed by atoms with Gasteiger partial charge in [0.05, 0.1) is 5.69 Å². The molecule has 2 aromatic carbocycles. The maximum atomic E-state index is 5.88. The molecule has 0 aliphatic rings. The fraction of sp³-hybridized carbons (Fsp3) is 0.133. The van der Waals surface area contributed by atoms with Gasteiger partial charge in [0.15, 0.2) is 0 Å². The number of aromatic nitrogens is 4. The van der Waals surface area contributed by atoms with Crippen molar-refractivity contribution in [1.82, 2.24) is 20.2 Å². The van der Waals surface area contributed by atoms with Gasteiger partial charge in [-0.3, -0.25) is 0 Å². The van der Waals surface area contributed by atoms with E-state index in [2.05, 4.69) is 15.5 Å². The molecular weight excluding hydrogens is 304 g/mol. The number of rotatable bonds is 6. The van der Waals surface area contributed by atoms with E-state index in [1.807, 2.05) is 36.4 Å². The van der Waals surface area contributed by atoms with E-state index in [4.69, 9.17) is 21.1 Å². The average Bonchev–Trinajstić information content (AvgIpc) is 3.07. The molecule has 0 amide bonds. The molecule has 7 heteroatoms. The Kier molecular flexibility index (Phi) is 4.50. The molecule has 0 unspecified atom stereocenters. The van der Waals surface area contributed by atoms with Gasteiger partial charge in [-0.2, -0.15) is 0 Å². The maximum Gasteiger partial charge on any atom is 0.143 e. The molecule has 0 N–H and O–H groups in total. The number of halogens is 1. The average molecular weight is 317 g/mol. The molecule has 3 rings (SSSR count). The van der Waals surface area contributed by atoms with Crippen LogP contribution in [0.2, 0.25) is 5.02 Å². The van der Waals surface area contributed by atoms with Crippen molar-refractivity contribution in [3.8, 4) is 17.2 Å². The first-order chi connectivity index (χ1) is 10.8. The summed E-state index contributed by atoms with van der Waals surface area (Å²) in [6, 6.07) is 14.7. The minimum atomic E-state index is 0.440. The third-order valence-electron chi connectivity index (χ3n) is 2.87. The van der Waals surface area contributed by atoms with Crippen LogP contribution in [0, 0.1) is 0 Å². The van der Waals surface area contributed by atoms with Gasteiger partial charge in [0.2, 0.25) is 0 Å². The lowest BCUT2D eigenvalue weighted by molar-refractivity contribution is 0.217. The smallest absolute Gasteiger partial charge is 0.143 e. The van der Waals surface area contributed by atoms with Gasteiger partial charge >= 0.3 is 0 Å². The van der Waals surface area contributed by atoms with Crippen LogP contribution in [0.1, 0.15) is 0 Å². The molecular formula is C15H13ClN4O2. The van der Waals surface area contributed by atoms with Gasteiger partial charge in [0.25, 0.3) is 0 Å². The molecule has 0 bridgehead atoms.